The van der Waals surface area contributed by atoms with Crippen molar-refractivity contribution in [2.24, 2.45) is 0 Å². The van der Waals surface area contributed by atoms with Gasteiger partial charge < -0.3 is 15.5 Å². The summed E-state index contributed by atoms with van der Waals surface area (Å²) in [6.07, 6.45) is 1.51. The van der Waals surface area contributed by atoms with Crippen molar-refractivity contribution >= 4 is 40.2 Å². The molecule has 4 N–H and O–H groups in total. The van der Waals surface area contributed by atoms with Crippen LogP contribution in [0.2, 0.25) is 0 Å². The number of hydrogen-bond donors (Lipinski definition) is 3. The lowest BCUT2D eigenvalue weighted by Gasteiger charge is -2.05. The SMILES string of the molecule is Cc1nc(N)sc1SCC(=O)NC(=O)NCc1ccco1. The minimum atomic E-state index is -0.558. The molecule has 0 saturated heterocycles. The van der Waals surface area contributed by atoms with Gasteiger partial charge in [-0.05, 0) is 19.1 Å². The van der Waals surface area contributed by atoms with E-state index in [1.54, 1.807) is 12.1 Å². The van der Waals surface area contributed by atoms with Crippen LogP contribution in [0.4, 0.5) is 9.93 Å². The Bertz CT molecular complexity index is 624. The Morgan fingerprint density at radius 3 is 2.95 bits per heavy atom. The van der Waals surface area contributed by atoms with Crippen LogP contribution in [-0.2, 0) is 11.3 Å². The zero-order valence-corrected chi connectivity index (χ0v) is 12.8. The predicted molar refractivity (Wildman–Crippen MR) is 81.1 cm³/mol. The number of amides is 3. The van der Waals surface area contributed by atoms with Crippen molar-refractivity contribution < 1.29 is 14.0 Å². The number of imide groups is 1. The highest BCUT2D eigenvalue weighted by molar-refractivity contribution is 8.01. The lowest BCUT2D eigenvalue weighted by atomic mass is 10.4. The van der Waals surface area contributed by atoms with Gasteiger partial charge in [0.15, 0.2) is 5.13 Å². The summed E-state index contributed by atoms with van der Waals surface area (Å²) < 4.78 is 5.93. The normalized spacial score (nSPS) is 10.3. The minimum absolute atomic E-state index is 0.122. The molecule has 0 radical (unpaired) electrons. The van der Waals surface area contributed by atoms with Crippen LogP contribution in [-0.4, -0.2) is 22.7 Å². The largest absolute Gasteiger partial charge is 0.467 e. The van der Waals surface area contributed by atoms with Gasteiger partial charge in [0.1, 0.15) is 5.76 Å². The molecule has 21 heavy (non-hydrogen) atoms. The molecule has 0 saturated carbocycles. The second-order valence-corrected chi connectivity index (χ2v) is 6.30. The molecule has 2 rings (SSSR count). The van der Waals surface area contributed by atoms with Crippen molar-refractivity contribution in [1.29, 1.82) is 0 Å². The van der Waals surface area contributed by atoms with E-state index in [1.807, 2.05) is 6.92 Å². The maximum Gasteiger partial charge on any atom is 0.321 e. The molecule has 0 aliphatic heterocycles. The number of nitrogen functional groups attached to an aromatic ring is 1. The Hall–Kier alpha value is -2.00. The molecule has 9 heteroatoms. The summed E-state index contributed by atoms with van der Waals surface area (Å²) in [6, 6.07) is 2.90. The monoisotopic (exact) mass is 326 g/mol. The fraction of sp³-hybridized carbons (Fsp3) is 0.250. The summed E-state index contributed by atoms with van der Waals surface area (Å²) in [6.45, 7) is 2.05. The Labute approximate surface area is 129 Å². The Morgan fingerprint density at radius 2 is 2.33 bits per heavy atom. The quantitative estimate of drug-likeness (QED) is 0.722. The number of thiazole rings is 1. The molecule has 0 aliphatic rings. The number of aryl methyl sites for hydroxylation is 1. The summed E-state index contributed by atoms with van der Waals surface area (Å²) in [5.41, 5.74) is 6.36. The topological polar surface area (TPSA) is 110 Å². The van der Waals surface area contributed by atoms with Gasteiger partial charge in [0, 0.05) is 0 Å². The summed E-state index contributed by atoms with van der Waals surface area (Å²) in [5.74, 6) is 0.349. The second-order valence-electron chi connectivity index (χ2n) is 4.02. The first-order valence-electron chi connectivity index (χ1n) is 6.00. The highest BCUT2D eigenvalue weighted by Gasteiger charge is 2.11. The van der Waals surface area contributed by atoms with Crippen LogP contribution in [0.3, 0.4) is 0 Å². The lowest BCUT2D eigenvalue weighted by Crippen LogP contribution is -2.39. The molecular weight excluding hydrogens is 312 g/mol. The zero-order valence-electron chi connectivity index (χ0n) is 11.2. The number of aromatic nitrogens is 1. The van der Waals surface area contributed by atoms with Crippen LogP contribution in [0.1, 0.15) is 11.5 Å². The molecule has 2 aromatic heterocycles. The third-order valence-corrected chi connectivity index (χ3v) is 4.71. The standard InChI is InChI=1S/C12H14N4O3S2/c1-7-10(21-11(13)15-7)20-6-9(17)16-12(18)14-5-8-3-2-4-19-8/h2-4H,5-6H2,1H3,(H2,13,15)(H2,14,16,17,18). The maximum absolute atomic E-state index is 11.6. The van der Waals surface area contributed by atoms with Gasteiger partial charge in [-0.2, -0.15) is 0 Å². The van der Waals surface area contributed by atoms with Crippen molar-refractivity contribution in [3.05, 3.63) is 29.9 Å². The fourth-order valence-corrected chi connectivity index (χ4v) is 3.28. The highest BCUT2D eigenvalue weighted by Crippen LogP contribution is 2.30. The van der Waals surface area contributed by atoms with E-state index in [0.717, 1.165) is 9.90 Å². The fourth-order valence-electron chi connectivity index (χ4n) is 1.46. The van der Waals surface area contributed by atoms with Gasteiger partial charge in [-0.15, -0.1) is 11.8 Å². The molecule has 0 fully saturated rings. The minimum Gasteiger partial charge on any atom is -0.467 e. The van der Waals surface area contributed by atoms with E-state index in [2.05, 4.69) is 15.6 Å². The van der Waals surface area contributed by atoms with E-state index < -0.39 is 6.03 Å². The number of nitrogens with one attached hydrogen (secondary N) is 2. The van der Waals surface area contributed by atoms with E-state index >= 15 is 0 Å². The number of hydrogen-bond acceptors (Lipinski definition) is 7. The van der Waals surface area contributed by atoms with E-state index in [4.69, 9.17) is 10.2 Å². The first kappa shape index (κ1) is 15.4. The second kappa shape index (κ2) is 7.14. The summed E-state index contributed by atoms with van der Waals surface area (Å²) in [4.78, 5) is 27.2. The van der Waals surface area contributed by atoms with Crippen molar-refractivity contribution in [1.82, 2.24) is 15.6 Å². The maximum atomic E-state index is 11.6. The molecule has 0 spiro atoms. The van der Waals surface area contributed by atoms with E-state index in [1.165, 1.54) is 29.4 Å². The lowest BCUT2D eigenvalue weighted by molar-refractivity contribution is -0.117. The average Bonchev–Trinajstić information content (AvgIpc) is 3.04. The Morgan fingerprint density at radius 1 is 1.52 bits per heavy atom. The van der Waals surface area contributed by atoms with Gasteiger partial charge in [0.05, 0.1) is 28.5 Å². The first-order chi connectivity index (χ1) is 10.0. The molecule has 2 aromatic rings. The van der Waals surface area contributed by atoms with Crippen LogP contribution >= 0.6 is 23.1 Å². The number of urea groups is 1. The number of nitrogens with two attached hydrogens (primary N) is 1. The Balaban J connectivity index is 1.71. The van der Waals surface area contributed by atoms with Gasteiger partial charge >= 0.3 is 6.03 Å². The Kier molecular flexibility index (Phi) is 5.23. The van der Waals surface area contributed by atoms with E-state index in [9.17, 15) is 9.59 Å². The van der Waals surface area contributed by atoms with Crippen molar-refractivity contribution in [2.45, 2.75) is 17.7 Å². The van der Waals surface area contributed by atoms with E-state index in [-0.39, 0.29) is 18.2 Å². The number of nitrogens with zero attached hydrogens (tertiary/aromatic N) is 1. The summed E-state index contributed by atoms with van der Waals surface area (Å²) in [7, 11) is 0. The molecule has 0 aliphatic carbocycles. The van der Waals surface area contributed by atoms with Gasteiger partial charge in [0.25, 0.3) is 0 Å². The van der Waals surface area contributed by atoms with Crippen LogP contribution in [0, 0.1) is 6.92 Å². The molecule has 0 aromatic carbocycles. The van der Waals surface area contributed by atoms with Crippen LogP contribution in [0.15, 0.2) is 27.0 Å². The average molecular weight is 326 g/mol. The third kappa shape index (κ3) is 4.80. The predicted octanol–water partition coefficient (Wildman–Crippen LogP) is 1.74. The van der Waals surface area contributed by atoms with Gasteiger partial charge in [0.2, 0.25) is 5.91 Å². The smallest absolute Gasteiger partial charge is 0.321 e. The molecule has 3 amide bonds. The third-order valence-electron chi connectivity index (χ3n) is 2.36. The summed E-state index contributed by atoms with van der Waals surface area (Å²) in [5, 5.41) is 5.23. The highest BCUT2D eigenvalue weighted by atomic mass is 32.2. The van der Waals surface area contributed by atoms with Crippen LogP contribution < -0.4 is 16.4 Å². The molecule has 0 bridgehead atoms. The van der Waals surface area contributed by atoms with Gasteiger partial charge in [-0.25, -0.2) is 9.78 Å². The number of carbonyl (C=O) groups is 2. The molecule has 2 heterocycles. The molecule has 112 valence electrons. The molecule has 0 atom stereocenters. The number of furan rings is 1. The van der Waals surface area contributed by atoms with Gasteiger partial charge in [-0.3, -0.25) is 10.1 Å². The zero-order chi connectivity index (χ0) is 15.2. The molecular formula is C12H14N4O3S2. The number of thioether (sulfide) groups is 1. The molecule has 0 unspecified atom stereocenters. The number of rotatable bonds is 5. The molecule has 7 nitrogen and oxygen atoms in total. The van der Waals surface area contributed by atoms with Crippen molar-refractivity contribution in [2.75, 3.05) is 11.5 Å². The number of carbonyl (C=O) groups excluding carboxylic acids is 2. The summed E-state index contributed by atoms with van der Waals surface area (Å²) >= 11 is 2.62. The van der Waals surface area contributed by atoms with Gasteiger partial charge in [-0.1, -0.05) is 11.3 Å². The van der Waals surface area contributed by atoms with E-state index in [0.29, 0.717) is 10.9 Å². The first-order valence-corrected chi connectivity index (χ1v) is 7.80. The van der Waals surface area contributed by atoms with Crippen LogP contribution in [0.5, 0.6) is 0 Å². The van der Waals surface area contributed by atoms with Crippen molar-refractivity contribution in [3.8, 4) is 0 Å². The van der Waals surface area contributed by atoms with Crippen molar-refractivity contribution in [3.63, 3.8) is 0 Å². The van der Waals surface area contributed by atoms with Crippen LogP contribution in [0.25, 0.3) is 0 Å². The number of anilines is 1.